The molecule has 2 rings (SSSR count). The lowest BCUT2D eigenvalue weighted by Crippen LogP contribution is -2.24. The zero-order valence-corrected chi connectivity index (χ0v) is 7.91. The van der Waals surface area contributed by atoms with Gasteiger partial charge in [0.1, 0.15) is 0 Å². The van der Waals surface area contributed by atoms with Crippen LogP contribution in [-0.2, 0) is 9.59 Å². The van der Waals surface area contributed by atoms with Gasteiger partial charge < -0.3 is 0 Å². The van der Waals surface area contributed by atoms with E-state index in [0.717, 1.165) is 11.3 Å². The van der Waals surface area contributed by atoms with Gasteiger partial charge >= 0.3 is 0 Å². The minimum atomic E-state index is -0.248. The molecule has 0 N–H and O–H groups in total. The molecule has 1 aliphatic rings. The number of thiazole rings is 1. The summed E-state index contributed by atoms with van der Waals surface area (Å²) in [4.78, 5) is 38.3. The van der Waals surface area contributed by atoms with Crippen LogP contribution < -0.4 is 4.90 Å². The predicted molar refractivity (Wildman–Crippen MR) is 49.5 cm³/mol. The molecule has 1 fully saturated rings. The molecule has 1 amide bonds. The average molecular weight is 210 g/mol. The number of Topliss-reactive ketones (excluding diaryl/α,β-unsaturated/α-hetero) is 1. The van der Waals surface area contributed by atoms with Crippen LogP contribution in [0.5, 0.6) is 0 Å². The number of aldehydes is 1. The fourth-order valence-corrected chi connectivity index (χ4v) is 1.96. The van der Waals surface area contributed by atoms with Crippen LogP contribution in [-0.4, -0.2) is 29.5 Å². The third kappa shape index (κ3) is 1.44. The molecule has 1 aromatic rings. The number of nitrogens with zero attached hydrogens (tertiary/aromatic N) is 2. The van der Waals surface area contributed by atoms with Crippen LogP contribution in [0.15, 0.2) is 6.20 Å². The lowest BCUT2D eigenvalue weighted by atomic mass is 10.3. The summed E-state index contributed by atoms with van der Waals surface area (Å²) in [5, 5.41) is 0.419. The lowest BCUT2D eigenvalue weighted by molar-refractivity contribution is -0.121. The largest absolute Gasteiger partial charge is 0.297 e. The van der Waals surface area contributed by atoms with Crippen molar-refractivity contribution >= 4 is 34.4 Å². The van der Waals surface area contributed by atoms with Gasteiger partial charge in [-0.1, -0.05) is 11.3 Å². The number of hydrogen-bond donors (Lipinski definition) is 0. The molecular formula is C8H6N2O3S. The predicted octanol–water partition coefficient (Wildman–Crippen LogP) is 0.261. The Balaban J connectivity index is 2.26. The normalized spacial score (nSPS) is 16.4. The molecule has 2 heterocycles. The van der Waals surface area contributed by atoms with Crippen molar-refractivity contribution in [3.05, 3.63) is 11.1 Å². The second-order valence-corrected chi connectivity index (χ2v) is 3.90. The van der Waals surface area contributed by atoms with Crippen molar-refractivity contribution in [1.29, 1.82) is 0 Å². The topological polar surface area (TPSA) is 67.3 Å². The minimum absolute atomic E-state index is 0.0595. The Morgan fingerprint density at radius 3 is 2.79 bits per heavy atom. The average Bonchev–Trinajstić information content (AvgIpc) is 2.71. The molecule has 0 bridgehead atoms. The molecule has 0 atom stereocenters. The zero-order chi connectivity index (χ0) is 10.1. The molecule has 72 valence electrons. The molecule has 0 spiro atoms. The van der Waals surface area contributed by atoms with E-state index in [1.165, 1.54) is 11.1 Å². The Morgan fingerprint density at radius 2 is 2.29 bits per heavy atom. The first-order valence-corrected chi connectivity index (χ1v) is 4.75. The molecule has 1 saturated heterocycles. The van der Waals surface area contributed by atoms with Crippen molar-refractivity contribution < 1.29 is 14.4 Å². The monoisotopic (exact) mass is 210 g/mol. The van der Waals surface area contributed by atoms with E-state index in [2.05, 4.69) is 4.98 Å². The first-order chi connectivity index (χ1) is 6.70. The fraction of sp³-hybridized carbons (Fsp3) is 0.250. The Bertz CT molecular complexity index is 412. The van der Waals surface area contributed by atoms with Gasteiger partial charge in [-0.05, 0) is 0 Å². The summed E-state index contributed by atoms with van der Waals surface area (Å²) in [7, 11) is 0. The molecule has 0 radical (unpaired) electrons. The number of aromatic nitrogens is 1. The Kier molecular flexibility index (Phi) is 2.12. The van der Waals surface area contributed by atoms with Gasteiger partial charge in [-0.2, -0.15) is 0 Å². The zero-order valence-electron chi connectivity index (χ0n) is 7.10. The molecule has 0 aliphatic carbocycles. The van der Waals surface area contributed by atoms with E-state index in [1.54, 1.807) is 0 Å². The van der Waals surface area contributed by atoms with Crippen LogP contribution >= 0.6 is 11.3 Å². The number of amides is 1. The van der Waals surface area contributed by atoms with Crippen LogP contribution in [0.1, 0.15) is 16.1 Å². The van der Waals surface area contributed by atoms with Gasteiger partial charge in [-0.3, -0.25) is 19.3 Å². The lowest BCUT2D eigenvalue weighted by Gasteiger charge is -2.08. The second-order valence-electron chi connectivity index (χ2n) is 2.86. The standard InChI is InChI=1S/C8H6N2O3S/c11-4-6-2-9-8(14-6)10-3-5(12)1-7(10)13/h2,4H,1,3H2. The van der Waals surface area contributed by atoms with Gasteiger partial charge in [-0.25, -0.2) is 4.98 Å². The van der Waals surface area contributed by atoms with Gasteiger partial charge in [-0.15, -0.1) is 0 Å². The van der Waals surface area contributed by atoms with E-state index >= 15 is 0 Å². The molecule has 5 nitrogen and oxygen atoms in total. The Labute approximate surface area is 83.4 Å². The molecule has 0 unspecified atom stereocenters. The maximum absolute atomic E-state index is 11.3. The van der Waals surface area contributed by atoms with E-state index in [-0.39, 0.29) is 24.7 Å². The van der Waals surface area contributed by atoms with Crippen molar-refractivity contribution in [3.63, 3.8) is 0 Å². The number of carbonyl (C=O) groups excluding carboxylic acids is 3. The number of hydrogen-bond acceptors (Lipinski definition) is 5. The van der Waals surface area contributed by atoms with Crippen LogP contribution in [0.3, 0.4) is 0 Å². The smallest absolute Gasteiger partial charge is 0.236 e. The van der Waals surface area contributed by atoms with Crippen LogP contribution in [0.25, 0.3) is 0 Å². The second kappa shape index (κ2) is 3.30. The van der Waals surface area contributed by atoms with Gasteiger partial charge in [0.15, 0.2) is 17.2 Å². The van der Waals surface area contributed by atoms with Crippen molar-refractivity contribution in [2.45, 2.75) is 6.42 Å². The molecule has 14 heavy (non-hydrogen) atoms. The quantitative estimate of drug-likeness (QED) is 0.518. The number of rotatable bonds is 2. The first kappa shape index (κ1) is 9.01. The van der Waals surface area contributed by atoms with Crippen molar-refractivity contribution in [2.24, 2.45) is 0 Å². The number of anilines is 1. The summed E-state index contributed by atoms with van der Waals surface area (Å²) < 4.78 is 0. The SMILES string of the molecule is O=Cc1cnc(N2CC(=O)CC2=O)s1. The highest BCUT2D eigenvalue weighted by Crippen LogP contribution is 2.24. The van der Waals surface area contributed by atoms with Crippen molar-refractivity contribution in [1.82, 2.24) is 4.98 Å². The van der Waals surface area contributed by atoms with Gasteiger partial charge in [0, 0.05) is 0 Å². The molecule has 0 aromatic carbocycles. The highest BCUT2D eigenvalue weighted by atomic mass is 32.1. The van der Waals surface area contributed by atoms with Crippen LogP contribution in [0, 0.1) is 0 Å². The number of carbonyl (C=O) groups is 3. The van der Waals surface area contributed by atoms with Gasteiger partial charge in [0.2, 0.25) is 5.91 Å². The fourth-order valence-electron chi connectivity index (χ4n) is 1.22. The van der Waals surface area contributed by atoms with Gasteiger partial charge in [0.25, 0.3) is 0 Å². The summed E-state index contributed by atoms with van der Waals surface area (Å²) in [6.45, 7) is 0.0741. The molecule has 1 aliphatic heterocycles. The molecular weight excluding hydrogens is 204 g/mol. The maximum atomic E-state index is 11.3. The minimum Gasteiger partial charge on any atom is -0.297 e. The van der Waals surface area contributed by atoms with Crippen LogP contribution in [0.4, 0.5) is 5.13 Å². The first-order valence-electron chi connectivity index (χ1n) is 3.94. The van der Waals surface area contributed by atoms with Crippen molar-refractivity contribution in [3.8, 4) is 0 Å². The van der Waals surface area contributed by atoms with E-state index in [1.807, 2.05) is 0 Å². The molecule has 1 aromatic heterocycles. The summed E-state index contributed by atoms with van der Waals surface area (Å²) in [5.74, 6) is -0.361. The third-order valence-electron chi connectivity index (χ3n) is 1.84. The summed E-state index contributed by atoms with van der Waals surface area (Å²) in [6.07, 6.45) is 2.00. The maximum Gasteiger partial charge on any atom is 0.236 e. The highest BCUT2D eigenvalue weighted by Gasteiger charge is 2.30. The van der Waals surface area contributed by atoms with Crippen molar-refractivity contribution in [2.75, 3.05) is 11.4 Å². The number of ketones is 1. The third-order valence-corrected chi connectivity index (χ3v) is 2.79. The summed E-state index contributed by atoms with van der Waals surface area (Å²) in [5.41, 5.74) is 0. The van der Waals surface area contributed by atoms with E-state index in [4.69, 9.17) is 0 Å². The Morgan fingerprint density at radius 1 is 1.50 bits per heavy atom. The highest BCUT2D eigenvalue weighted by molar-refractivity contribution is 7.17. The van der Waals surface area contributed by atoms with Crippen LogP contribution in [0.2, 0.25) is 0 Å². The Hall–Kier alpha value is -1.56. The van der Waals surface area contributed by atoms with E-state index < -0.39 is 0 Å². The molecule has 0 saturated carbocycles. The summed E-state index contributed by atoms with van der Waals surface area (Å²) in [6, 6.07) is 0. The molecule has 6 heteroatoms. The summed E-state index contributed by atoms with van der Waals surface area (Å²) >= 11 is 1.11. The van der Waals surface area contributed by atoms with E-state index in [0.29, 0.717) is 16.3 Å². The van der Waals surface area contributed by atoms with E-state index in [9.17, 15) is 14.4 Å². The van der Waals surface area contributed by atoms with Gasteiger partial charge in [0.05, 0.1) is 24.0 Å².